The fourth-order valence-corrected chi connectivity index (χ4v) is 2.68. The van der Waals surface area contributed by atoms with E-state index in [9.17, 15) is 8.42 Å². The van der Waals surface area contributed by atoms with Crippen molar-refractivity contribution in [3.63, 3.8) is 0 Å². The molecule has 0 amide bonds. The van der Waals surface area contributed by atoms with Gasteiger partial charge in [0.25, 0.3) is 0 Å². The Labute approximate surface area is 113 Å². The Morgan fingerprint density at radius 3 is 2.61 bits per heavy atom. The molecule has 0 aromatic carbocycles. The summed E-state index contributed by atoms with van der Waals surface area (Å²) in [5.41, 5.74) is 0.769. The van der Waals surface area contributed by atoms with Gasteiger partial charge in [-0.1, -0.05) is 6.92 Å². The fraction of sp³-hybridized carbons (Fsp3) is 0.182. The van der Waals surface area contributed by atoms with Gasteiger partial charge in [0.1, 0.15) is 16.0 Å². The largest absolute Gasteiger partial charge is 0.253 e. The number of rotatable bonds is 3. The predicted molar refractivity (Wildman–Crippen MR) is 70.7 cm³/mol. The van der Waals surface area contributed by atoms with E-state index in [1.54, 1.807) is 13.0 Å². The minimum absolute atomic E-state index is 0.0235. The van der Waals surface area contributed by atoms with E-state index >= 15 is 0 Å². The second kappa shape index (κ2) is 5.11. The van der Waals surface area contributed by atoms with Crippen LogP contribution in [-0.2, 0) is 9.84 Å². The van der Waals surface area contributed by atoms with Crippen LogP contribution < -0.4 is 0 Å². The molecule has 0 spiro atoms. The van der Waals surface area contributed by atoms with Gasteiger partial charge in [-0.3, -0.25) is 9.97 Å². The maximum absolute atomic E-state index is 12.0. The van der Waals surface area contributed by atoms with Gasteiger partial charge in [0, 0.05) is 6.20 Å². The van der Waals surface area contributed by atoms with E-state index in [4.69, 9.17) is 0 Å². The second-order valence-electron chi connectivity index (χ2n) is 3.48. The molecule has 0 saturated heterocycles. The van der Waals surface area contributed by atoms with Crippen molar-refractivity contribution < 1.29 is 8.42 Å². The Bertz CT molecular complexity index is 656. The number of aromatic nitrogens is 3. The Kier molecular flexibility index (Phi) is 3.72. The number of hydrogen-bond acceptors (Lipinski definition) is 5. The number of halogens is 1. The van der Waals surface area contributed by atoms with Gasteiger partial charge < -0.3 is 0 Å². The van der Waals surface area contributed by atoms with Crippen molar-refractivity contribution in [2.24, 2.45) is 0 Å². The van der Waals surface area contributed by atoms with E-state index in [1.165, 1.54) is 24.7 Å². The maximum Gasteiger partial charge on any atom is 0.180 e. The molecule has 18 heavy (non-hydrogen) atoms. The third kappa shape index (κ3) is 2.56. The summed E-state index contributed by atoms with van der Waals surface area (Å²) in [6.45, 7) is 1.60. The molecule has 0 aliphatic carbocycles. The first kappa shape index (κ1) is 13.1. The van der Waals surface area contributed by atoms with Gasteiger partial charge in [0.05, 0.1) is 23.0 Å². The Morgan fingerprint density at radius 1 is 1.22 bits per heavy atom. The lowest BCUT2D eigenvalue weighted by Crippen LogP contribution is -2.07. The first-order valence-electron chi connectivity index (χ1n) is 5.20. The van der Waals surface area contributed by atoms with Crippen LogP contribution in [0.5, 0.6) is 0 Å². The van der Waals surface area contributed by atoms with E-state index < -0.39 is 9.84 Å². The molecule has 0 unspecified atom stereocenters. The number of hydrogen-bond donors (Lipinski definition) is 0. The summed E-state index contributed by atoms with van der Waals surface area (Å²) in [7, 11) is -3.33. The molecule has 0 radical (unpaired) electrons. The highest BCUT2D eigenvalue weighted by Gasteiger charge is 2.19. The standard InChI is InChI=1S/C11H10BrN3O2S/c1-2-18(16,17)9-4-3-5-13-11(9)8-6-15-10(12)7-14-8/h3-7H,2H2,1H3. The summed E-state index contributed by atoms with van der Waals surface area (Å²) < 4.78 is 24.5. The highest BCUT2D eigenvalue weighted by molar-refractivity contribution is 9.10. The highest BCUT2D eigenvalue weighted by Crippen LogP contribution is 2.23. The van der Waals surface area contributed by atoms with Crippen molar-refractivity contribution >= 4 is 25.8 Å². The van der Waals surface area contributed by atoms with Gasteiger partial charge in [-0.25, -0.2) is 13.4 Å². The highest BCUT2D eigenvalue weighted by atomic mass is 79.9. The van der Waals surface area contributed by atoms with Crippen molar-refractivity contribution in [1.29, 1.82) is 0 Å². The number of nitrogens with zero attached hydrogens (tertiary/aromatic N) is 3. The molecule has 94 valence electrons. The smallest absolute Gasteiger partial charge is 0.180 e. The third-order valence-electron chi connectivity index (χ3n) is 2.35. The summed E-state index contributed by atoms with van der Waals surface area (Å²) in [4.78, 5) is 12.4. The van der Waals surface area contributed by atoms with E-state index in [1.807, 2.05) is 0 Å². The molecule has 5 nitrogen and oxygen atoms in total. The van der Waals surface area contributed by atoms with Crippen LogP contribution in [0.15, 0.2) is 40.2 Å². The first-order chi connectivity index (χ1) is 8.54. The van der Waals surface area contributed by atoms with Crippen LogP contribution in [0.2, 0.25) is 0 Å². The minimum Gasteiger partial charge on any atom is -0.253 e. The van der Waals surface area contributed by atoms with Crippen LogP contribution in [0.3, 0.4) is 0 Å². The van der Waals surface area contributed by atoms with Gasteiger partial charge in [0.15, 0.2) is 9.84 Å². The third-order valence-corrected chi connectivity index (χ3v) is 4.52. The summed E-state index contributed by atoms with van der Waals surface area (Å²) in [6.07, 6.45) is 4.53. The lowest BCUT2D eigenvalue weighted by Gasteiger charge is -2.07. The van der Waals surface area contributed by atoms with E-state index in [0.29, 0.717) is 16.0 Å². The molecule has 2 aromatic heterocycles. The molecule has 7 heteroatoms. The summed E-state index contributed by atoms with van der Waals surface area (Å²) in [6, 6.07) is 3.13. The Morgan fingerprint density at radius 2 is 2.00 bits per heavy atom. The molecule has 2 aromatic rings. The molecule has 0 aliphatic heterocycles. The van der Waals surface area contributed by atoms with Crippen LogP contribution in [-0.4, -0.2) is 29.1 Å². The van der Waals surface area contributed by atoms with Crippen molar-refractivity contribution in [3.05, 3.63) is 35.3 Å². The molecule has 0 bridgehead atoms. The quantitative estimate of drug-likeness (QED) is 0.863. The van der Waals surface area contributed by atoms with Gasteiger partial charge in [-0.2, -0.15) is 0 Å². The number of pyridine rings is 1. The number of sulfone groups is 1. The maximum atomic E-state index is 12.0. The monoisotopic (exact) mass is 327 g/mol. The van der Waals surface area contributed by atoms with Crippen LogP contribution >= 0.6 is 15.9 Å². The van der Waals surface area contributed by atoms with Gasteiger partial charge >= 0.3 is 0 Å². The summed E-state index contributed by atoms with van der Waals surface area (Å²) >= 11 is 3.18. The van der Waals surface area contributed by atoms with Crippen molar-refractivity contribution in [1.82, 2.24) is 15.0 Å². The van der Waals surface area contributed by atoms with Crippen molar-refractivity contribution in [2.45, 2.75) is 11.8 Å². The van der Waals surface area contributed by atoms with Gasteiger partial charge in [0.2, 0.25) is 0 Å². The molecule has 0 saturated carbocycles. The first-order valence-corrected chi connectivity index (χ1v) is 7.65. The van der Waals surface area contributed by atoms with Crippen LogP contribution in [0.4, 0.5) is 0 Å². The lowest BCUT2D eigenvalue weighted by molar-refractivity contribution is 0.597. The predicted octanol–water partition coefficient (Wildman–Crippen LogP) is 2.09. The normalized spacial score (nSPS) is 11.4. The average Bonchev–Trinajstić information content (AvgIpc) is 2.40. The molecule has 0 fully saturated rings. The van der Waals surface area contributed by atoms with Gasteiger partial charge in [-0.15, -0.1) is 0 Å². The molecule has 0 aliphatic rings. The zero-order valence-electron chi connectivity index (χ0n) is 9.54. The zero-order valence-corrected chi connectivity index (χ0v) is 11.9. The molecular formula is C11H10BrN3O2S. The fourth-order valence-electron chi connectivity index (χ4n) is 1.42. The molecule has 2 rings (SSSR count). The topological polar surface area (TPSA) is 72.8 Å². The van der Waals surface area contributed by atoms with Crippen molar-refractivity contribution in [3.8, 4) is 11.4 Å². The average molecular weight is 328 g/mol. The Hall–Kier alpha value is -1.34. The lowest BCUT2D eigenvalue weighted by atomic mass is 10.3. The molecular weight excluding hydrogens is 318 g/mol. The zero-order chi connectivity index (χ0) is 13.2. The van der Waals surface area contributed by atoms with Crippen LogP contribution in [0, 0.1) is 0 Å². The van der Waals surface area contributed by atoms with Gasteiger partial charge in [-0.05, 0) is 28.1 Å². The summed E-state index contributed by atoms with van der Waals surface area (Å²) in [5, 5.41) is 0. The Balaban J connectivity index is 2.62. The molecule has 2 heterocycles. The van der Waals surface area contributed by atoms with E-state index in [-0.39, 0.29) is 10.6 Å². The van der Waals surface area contributed by atoms with Crippen LogP contribution in [0.1, 0.15) is 6.92 Å². The van der Waals surface area contributed by atoms with Crippen molar-refractivity contribution in [2.75, 3.05) is 5.75 Å². The molecule has 0 atom stereocenters. The SMILES string of the molecule is CCS(=O)(=O)c1cccnc1-c1cnc(Br)cn1. The summed E-state index contributed by atoms with van der Waals surface area (Å²) in [5.74, 6) is 0.0235. The van der Waals surface area contributed by atoms with E-state index in [0.717, 1.165) is 0 Å². The van der Waals surface area contributed by atoms with E-state index in [2.05, 4.69) is 30.9 Å². The molecule has 0 N–H and O–H groups in total. The minimum atomic E-state index is -3.33. The second-order valence-corrected chi connectivity index (χ2v) is 6.54. The van der Waals surface area contributed by atoms with Crippen LogP contribution in [0.25, 0.3) is 11.4 Å².